The van der Waals surface area contributed by atoms with Crippen molar-refractivity contribution < 1.29 is 43.3 Å². The van der Waals surface area contributed by atoms with Gasteiger partial charge in [-0.25, -0.2) is 0 Å². The molecule has 0 aromatic carbocycles. The molecule has 0 aromatic heterocycles. The van der Waals surface area contributed by atoms with E-state index >= 15 is 0 Å². The summed E-state index contributed by atoms with van der Waals surface area (Å²) in [7, 11) is 0. The second-order valence-electron chi connectivity index (χ2n) is 13.2. The fourth-order valence-corrected chi connectivity index (χ4v) is 8.75. The highest BCUT2D eigenvalue weighted by molar-refractivity contribution is 5.93. The quantitative estimate of drug-likeness (QED) is 0.254. The maximum atomic E-state index is 13.8. The maximum Gasteiger partial charge on any atom is 0.306 e. The van der Waals surface area contributed by atoms with Crippen LogP contribution in [0, 0.1) is 28.6 Å². The molecule has 6 atom stereocenters. The van der Waals surface area contributed by atoms with E-state index in [1.165, 1.54) is 12.5 Å². The van der Waals surface area contributed by atoms with Gasteiger partial charge in [0, 0.05) is 38.1 Å². The lowest BCUT2D eigenvalue weighted by Gasteiger charge is -2.59. The van der Waals surface area contributed by atoms with Gasteiger partial charge in [-0.05, 0) is 87.0 Å². The van der Waals surface area contributed by atoms with Gasteiger partial charge in [-0.1, -0.05) is 19.4 Å². The number of fused-ring (bicyclic) bond motifs is 5. The van der Waals surface area contributed by atoms with E-state index in [1.54, 1.807) is 0 Å². The molecule has 2 N–H and O–H groups in total. The molecule has 0 spiro atoms. The zero-order valence-electron chi connectivity index (χ0n) is 25.1. The summed E-state index contributed by atoms with van der Waals surface area (Å²) in [6, 6.07) is 0. The molecule has 4 rings (SSSR count). The van der Waals surface area contributed by atoms with Crippen LogP contribution in [0.15, 0.2) is 11.6 Å². The summed E-state index contributed by atoms with van der Waals surface area (Å²) in [6.45, 7) is 5.46. The molecule has 10 heteroatoms. The number of allylic oxidation sites excluding steroid dienone is 1. The number of carboxylic acid groups (broad SMARTS) is 1. The van der Waals surface area contributed by atoms with Gasteiger partial charge in [0.25, 0.3) is 0 Å². The number of carbonyl (C=O) groups excluding carboxylic acids is 5. The average Bonchev–Trinajstić information content (AvgIpc) is 3.22. The van der Waals surface area contributed by atoms with Crippen LogP contribution in [0.4, 0.5) is 0 Å². The molecule has 232 valence electrons. The summed E-state index contributed by atoms with van der Waals surface area (Å²) in [5, 5.41) is 11.3. The number of nitrogens with one attached hydrogen (secondary N) is 1. The zero-order valence-corrected chi connectivity index (χ0v) is 25.1. The number of hydrogen-bond acceptors (Lipinski definition) is 8. The lowest BCUT2D eigenvalue weighted by atomic mass is 9.46. The normalized spacial score (nSPS) is 33.4. The Morgan fingerprint density at radius 2 is 1.69 bits per heavy atom. The Balaban J connectivity index is 1.37. The molecule has 1 amide bonds. The Labute approximate surface area is 247 Å². The summed E-state index contributed by atoms with van der Waals surface area (Å²) < 4.78 is 11.2. The van der Waals surface area contributed by atoms with Crippen LogP contribution in [-0.4, -0.2) is 59.2 Å². The Bertz CT molecular complexity index is 1160. The van der Waals surface area contributed by atoms with E-state index in [9.17, 15) is 28.8 Å². The van der Waals surface area contributed by atoms with Crippen LogP contribution < -0.4 is 5.32 Å². The van der Waals surface area contributed by atoms with Gasteiger partial charge in [0.2, 0.25) is 11.7 Å². The minimum atomic E-state index is -1.37. The van der Waals surface area contributed by atoms with Gasteiger partial charge < -0.3 is 19.9 Å². The SMILES string of the molecule is CC(=O)O[C@]1(C(=O)COC(=O)CCC(=O)NCCCCC(=O)O)CCC2C3CCC4=CC(=O)CC[C@]4(C)C3CC[C@@]21C. The van der Waals surface area contributed by atoms with Gasteiger partial charge in [-0.3, -0.25) is 28.8 Å². The first-order chi connectivity index (χ1) is 19.8. The van der Waals surface area contributed by atoms with Crippen molar-refractivity contribution >= 4 is 35.4 Å². The van der Waals surface area contributed by atoms with Crippen LogP contribution in [0.1, 0.15) is 104 Å². The molecule has 3 fully saturated rings. The molecular weight excluding hydrogens is 542 g/mol. The van der Waals surface area contributed by atoms with Crippen molar-refractivity contribution in [3.05, 3.63) is 11.6 Å². The van der Waals surface area contributed by atoms with Gasteiger partial charge >= 0.3 is 17.9 Å². The van der Waals surface area contributed by atoms with Crippen molar-refractivity contribution in [2.24, 2.45) is 28.6 Å². The summed E-state index contributed by atoms with van der Waals surface area (Å²) in [4.78, 5) is 73.3. The molecule has 42 heavy (non-hydrogen) atoms. The molecule has 0 saturated heterocycles. The van der Waals surface area contributed by atoms with Crippen molar-refractivity contribution in [3.8, 4) is 0 Å². The van der Waals surface area contributed by atoms with Gasteiger partial charge in [0.05, 0.1) is 6.42 Å². The van der Waals surface area contributed by atoms with Crippen LogP contribution in [-0.2, 0) is 38.2 Å². The number of carboxylic acids is 1. The molecule has 0 aromatic rings. The topological polar surface area (TPSA) is 153 Å². The van der Waals surface area contributed by atoms with E-state index in [0.29, 0.717) is 50.5 Å². The number of carbonyl (C=O) groups is 6. The third kappa shape index (κ3) is 6.18. The summed E-state index contributed by atoms with van der Waals surface area (Å²) in [6.07, 6.45) is 8.52. The molecule has 3 saturated carbocycles. The lowest BCUT2D eigenvalue weighted by molar-refractivity contribution is -0.191. The summed E-state index contributed by atoms with van der Waals surface area (Å²) in [5.41, 5.74) is -0.717. The number of esters is 2. The summed E-state index contributed by atoms with van der Waals surface area (Å²) >= 11 is 0. The predicted octanol–water partition coefficient (Wildman–Crippen LogP) is 4.08. The molecule has 0 aliphatic heterocycles. The minimum absolute atomic E-state index is 0.0187. The number of Topliss-reactive ketones (excluding diaryl/α,β-unsaturated/α-hetero) is 1. The van der Waals surface area contributed by atoms with E-state index in [4.69, 9.17) is 14.6 Å². The van der Waals surface area contributed by atoms with E-state index in [0.717, 1.165) is 32.1 Å². The smallest absolute Gasteiger partial charge is 0.306 e. The number of aliphatic carboxylic acids is 1. The maximum absolute atomic E-state index is 13.8. The van der Waals surface area contributed by atoms with Gasteiger partial charge in [-0.2, -0.15) is 0 Å². The van der Waals surface area contributed by atoms with E-state index < -0.39 is 41.3 Å². The highest BCUT2D eigenvalue weighted by Gasteiger charge is 2.68. The first-order valence-electron chi connectivity index (χ1n) is 15.4. The van der Waals surface area contributed by atoms with Crippen molar-refractivity contribution in [3.63, 3.8) is 0 Å². The summed E-state index contributed by atoms with van der Waals surface area (Å²) in [5.74, 6) is -1.72. The lowest BCUT2D eigenvalue weighted by Crippen LogP contribution is -2.59. The number of amides is 1. The van der Waals surface area contributed by atoms with Crippen LogP contribution in [0.25, 0.3) is 0 Å². The fraction of sp³-hybridized carbons (Fsp3) is 0.750. The van der Waals surface area contributed by atoms with E-state index in [2.05, 4.69) is 19.2 Å². The minimum Gasteiger partial charge on any atom is -0.481 e. The molecular formula is C32H45NO9. The first kappa shape index (κ1) is 31.9. The molecule has 10 nitrogen and oxygen atoms in total. The van der Waals surface area contributed by atoms with Gasteiger partial charge in [0.15, 0.2) is 18.0 Å². The molecule has 4 aliphatic carbocycles. The van der Waals surface area contributed by atoms with E-state index in [1.807, 2.05) is 6.08 Å². The molecule has 0 heterocycles. The largest absolute Gasteiger partial charge is 0.481 e. The Hall–Kier alpha value is -3.04. The number of ether oxygens (including phenoxy) is 2. The number of rotatable bonds is 12. The Morgan fingerprint density at radius 1 is 0.952 bits per heavy atom. The Kier molecular flexibility index (Phi) is 9.62. The fourth-order valence-electron chi connectivity index (χ4n) is 8.75. The monoisotopic (exact) mass is 587 g/mol. The van der Waals surface area contributed by atoms with Crippen LogP contribution in [0.3, 0.4) is 0 Å². The third-order valence-electron chi connectivity index (χ3n) is 10.9. The van der Waals surface area contributed by atoms with Crippen molar-refractivity contribution in [2.75, 3.05) is 13.2 Å². The number of ketones is 2. The third-order valence-corrected chi connectivity index (χ3v) is 10.9. The van der Waals surface area contributed by atoms with Crippen LogP contribution in [0.5, 0.6) is 0 Å². The second-order valence-corrected chi connectivity index (χ2v) is 13.2. The Morgan fingerprint density at radius 3 is 2.40 bits per heavy atom. The predicted molar refractivity (Wildman–Crippen MR) is 151 cm³/mol. The average molecular weight is 588 g/mol. The van der Waals surface area contributed by atoms with Gasteiger partial charge in [0.1, 0.15) is 0 Å². The number of hydrogen-bond donors (Lipinski definition) is 2. The van der Waals surface area contributed by atoms with E-state index in [-0.39, 0.29) is 42.3 Å². The molecule has 0 bridgehead atoms. The van der Waals surface area contributed by atoms with Crippen LogP contribution >= 0.6 is 0 Å². The zero-order chi connectivity index (χ0) is 30.7. The van der Waals surface area contributed by atoms with Crippen molar-refractivity contribution in [1.29, 1.82) is 0 Å². The van der Waals surface area contributed by atoms with Gasteiger partial charge in [-0.15, -0.1) is 0 Å². The molecule has 3 unspecified atom stereocenters. The van der Waals surface area contributed by atoms with Crippen molar-refractivity contribution in [1.82, 2.24) is 5.32 Å². The van der Waals surface area contributed by atoms with Crippen molar-refractivity contribution in [2.45, 2.75) is 110 Å². The molecule has 4 aliphatic rings. The second kappa shape index (κ2) is 12.7. The molecule has 0 radical (unpaired) electrons. The standard InChI is InChI=1S/C32H45NO9/c1-20(34)42-32(26(36)19-41-29(40)10-9-27(37)33-17-5-4-6-28(38)39)16-13-25-23-8-7-21-18-22(35)11-14-30(21,2)24(23)12-15-31(25,32)3/h18,23-25H,4-17,19H2,1-3H3,(H,33,37)(H,38,39)/t23?,24?,25?,30-,31-,32-/m0/s1. The highest BCUT2D eigenvalue weighted by Crippen LogP contribution is 2.68. The first-order valence-corrected chi connectivity index (χ1v) is 15.4. The highest BCUT2D eigenvalue weighted by atomic mass is 16.6. The number of unbranched alkanes of at least 4 members (excludes halogenated alkanes) is 1. The van der Waals surface area contributed by atoms with Crippen LogP contribution in [0.2, 0.25) is 0 Å².